The number of carbonyl (C=O) groups is 2. The van der Waals surface area contributed by atoms with Gasteiger partial charge in [-0.25, -0.2) is 17.9 Å². The van der Waals surface area contributed by atoms with Crippen LogP contribution in [0.3, 0.4) is 0 Å². The molecule has 1 amide bonds. The number of ether oxygens (including phenoxy) is 1. The maximum atomic E-state index is 12.3. The standard InChI is InChI=1S/C20H28N2O5S/c1-4-13-21-28(25,26)17-11-9-16(10-12-17)20(24)27-15(3)19(23)22-18-8-6-5-7-14(18)2/h4,9-12,14-15,18,21H,1,5-8,13H2,2-3H3,(H,22,23)/t14-,15+,18-/m0/s1. The molecule has 8 heteroatoms. The van der Waals surface area contributed by atoms with E-state index in [1.54, 1.807) is 0 Å². The van der Waals surface area contributed by atoms with Gasteiger partial charge in [0.05, 0.1) is 10.5 Å². The molecule has 154 valence electrons. The fourth-order valence-electron chi connectivity index (χ4n) is 3.14. The highest BCUT2D eigenvalue weighted by molar-refractivity contribution is 7.89. The second-order valence-electron chi connectivity index (χ2n) is 7.09. The quantitative estimate of drug-likeness (QED) is 0.508. The van der Waals surface area contributed by atoms with Crippen molar-refractivity contribution in [3.05, 3.63) is 42.5 Å². The lowest BCUT2D eigenvalue weighted by molar-refractivity contribution is -0.130. The molecule has 0 aromatic heterocycles. The molecule has 0 aliphatic heterocycles. The molecule has 1 aliphatic rings. The maximum absolute atomic E-state index is 12.3. The lowest BCUT2D eigenvalue weighted by Gasteiger charge is -2.30. The number of nitrogens with one attached hydrogen (secondary N) is 2. The molecule has 1 saturated carbocycles. The molecular weight excluding hydrogens is 380 g/mol. The Morgan fingerprint density at radius 2 is 1.89 bits per heavy atom. The number of esters is 1. The summed E-state index contributed by atoms with van der Waals surface area (Å²) in [7, 11) is -3.66. The number of hydrogen-bond acceptors (Lipinski definition) is 5. The van der Waals surface area contributed by atoms with E-state index in [-0.39, 0.29) is 29.0 Å². The predicted molar refractivity (Wildman–Crippen MR) is 106 cm³/mol. The minimum Gasteiger partial charge on any atom is -0.449 e. The van der Waals surface area contributed by atoms with Gasteiger partial charge >= 0.3 is 5.97 Å². The highest BCUT2D eigenvalue weighted by Gasteiger charge is 2.26. The Morgan fingerprint density at radius 1 is 1.25 bits per heavy atom. The molecule has 1 aromatic carbocycles. The molecule has 0 bridgehead atoms. The van der Waals surface area contributed by atoms with Gasteiger partial charge in [0.25, 0.3) is 5.91 Å². The SMILES string of the molecule is C=CCNS(=O)(=O)c1ccc(C(=O)O[C@H](C)C(=O)N[C@H]2CCCC[C@@H]2C)cc1. The first-order valence-corrected chi connectivity index (χ1v) is 10.9. The first-order valence-electron chi connectivity index (χ1n) is 9.46. The van der Waals surface area contributed by atoms with Crippen molar-refractivity contribution in [3.8, 4) is 0 Å². The minimum atomic E-state index is -3.66. The summed E-state index contributed by atoms with van der Waals surface area (Å²) in [4.78, 5) is 24.6. The molecular formula is C20H28N2O5S. The Labute approximate surface area is 166 Å². The summed E-state index contributed by atoms with van der Waals surface area (Å²) in [6.07, 6.45) is 4.77. The van der Waals surface area contributed by atoms with Crippen molar-refractivity contribution in [2.24, 2.45) is 5.92 Å². The van der Waals surface area contributed by atoms with E-state index in [1.807, 2.05) is 0 Å². The average molecular weight is 409 g/mol. The average Bonchev–Trinajstić information content (AvgIpc) is 2.68. The second kappa shape index (κ2) is 9.84. The van der Waals surface area contributed by atoms with Gasteiger partial charge in [-0.15, -0.1) is 6.58 Å². The van der Waals surface area contributed by atoms with Crippen molar-refractivity contribution in [3.63, 3.8) is 0 Å². The molecule has 3 atom stereocenters. The first-order chi connectivity index (χ1) is 13.2. The van der Waals surface area contributed by atoms with Crippen molar-refractivity contribution in [1.29, 1.82) is 0 Å². The summed E-state index contributed by atoms with van der Waals surface area (Å²) >= 11 is 0. The zero-order valence-electron chi connectivity index (χ0n) is 16.3. The Bertz CT molecular complexity index is 804. The summed E-state index contributed by atoms with van der Waals surface area (Å²) in [6.45, 7) is 7.20. The van der Waals surface area contributed by atoms with Crippen LogP contribution in [0.25, 0.3) is 0 Å². The number of benzene rings is 1. The second-order valence-corrected chi connectivity index (χ2v) is 8.86. The fourth-order valence-corrected chi connectivity index (χ4v) is 4.13. The number of rotatable bonds is 8. The van der Waals surface area contributed by atoms with E-state index in [0.717, 1.165) is 19.3 Å². The van der Waals surface area contributed by atoms with Gasteiger partial charge in [-0.3, -0.25) is 4.79 Å². The van der Waals surface area contributed by atoms with E-state index in [4.69, 9.17) is 4.74 Å². The van der Waals surface area contributed by atoms with Gasteiger partial charge in [0, 0.05) is 12.6 Å². The Hall–Kier alpha value is -2.19. The molecule has 1 fully saturated rings. The van der Waals surface area contributed by atoms with Crippen molar-refractivity contribution < 1.29 is 22.7 Å². The van der Waals surface area contributed by atoms with Crippen molar-refractivity contribution in [1.82, 2.24) is 10.0 Å². The summed E-state index contributed by atoms with van der Waals surface area (Å²) < 4.78 is 31.6. The van der Waals surface area contributed by atoms with Crippen LogP contribution >= 0.6 is 0 Å². The van der Waals surface area contributed by atoms with Crippen LogP contribution in [0.4, 0.5) is 0 Å². The van der Waals surface area contributed by atoms with Crippen LogP contribution in [0.15, 0.2) is 41.8 Å². The summed E-state index contributed by atoms with van der Waals surface area (Å²) in [5.41, 5.74) is 0.174. The number of sulfonamides is 1. The van der Waals surface area contributed by atoms with Gasteiger partial charge in [-0.05, 0) is 49.9 Å². The Kier molecular flexibility index (Phi) is 7.77. The Balaban J connectivity index is 1.94. The maximum Gasteiger partial charge on any atom is 0.338 e. The highest BCUT2D eigenvalue weighted by Crippen LogP contribution is 2.23. The van der Waals surface area contributed by atoms with Crippen LogP contribution in [0.1, 0.15) is 49.9 Å². The van der Waals surface area contributed by atoms with Gasteiger partial charge in [0.1, 0.15) is 0 Å². The molecule has 1 aromatic rings. The van der Waals surface area contributed by atoms with Crippen LogP contribution in [0, 0.1) is 5.92 Å². The summed E-state index contributed by atoms with van der Waals surface area (Å²) in [6, 6.07) is 5.46. The van der Waals surface area contributed by atoms with E-state index >= 15 is 0 Å². The van der Waals surface area contributed by atoms with Gasteiger partial charge in [0.2, 0.25) is 10.0 Å². The molecule has 0 unspecified atom stereocenters. The van der Waals surface area contributed by atoms with Crippen molar-refractivity contribution in [2.75, 3.05) is 6.54 Å². The number of hydrogen-bond donors (Lipinski definition) is 2. The highest BCUT2D eigenvalue weighted by atomic mass is 32.2. The van der Waals surface area contributed by atoms with E-state index in [0.29, 0.717) is 5.92 Å². The third-order valence-electron chi connectivity index (χ3n) is 4.91. The summed E-state index contributed by atoms with van der Waals surface area (Å²) in [5, 5.41) is 2.96. The van der Waals surface area contributed by atoms with Crippen LogP contribution in [0.2, 0.25) is 0 Å². The number of carbonyl (C=O) groups excluding carboxylic acids is 2. The van der Waals surface area contributed by atoms with Gasteiger partial charge in [0.15, 0.2) is 6.10 Å². The molecule has 1 aliphatic carbocycles. The van der Waals surface area contributed by atoms with Crippen LogP contribution in [-0.2, 0) is 19.6 Å². The van der Waals surface area contributed by atoms with Gasteiger partial charge in [-0.1, -0.05) is 25.8 Å². The molecule has 0 radical (unpaired) electrons. The number of amides is 1. The first kappa shape index (κ1) is 22.1. The topological polar surface area (TPSA) is 102 Å². The minimum absolute atomic E-state index is 0.0305. The molecule has 0 heterocycles. The molecule has 2 rings (SSSR count). The normalized spacial score (nSPS) is 20.8. The van der Waals surface area contributed by atoms with E-state index < -0.39 is 22.1 Å². The smallest absolute Gasteiger partial charge is 0.338 e. The predicted octanol–water partition coefficient (Wildman–Crippen LogP) is 2.39. The third kappa shape index (κ3) is 5.90. The van der Waals surface area contributed by atoms with Crippen molar-refractivity contribution in [2.45, 2.75) is 56.6 Å². The summed E-state index contributed by atoms with van der Waals surface area (Å²) in [5.74, 6) is -0.591. The zero-order chi connectivity index (χ0) is 20.7. The third-order valence-corrected chi connectivity index (χ3v) is 6.35. The monoisotopic (exact) mass is 408 g/mol. The molecule has 28 heavy (non-hydrogen) atoms. The van der Waals surface area contributed by atoms with E-state index in [9.17, 15) is 18.0 Å². The van der Waals surface area contributed by atoms with Gasteiger partial charge < -0.3 is 10.1 Å². The lowest BCUT2D eigenvalue weighted by atomic mass is 9.86. The van der Waals surface area contributed by atoms with Crippen molar-refractivity contribution >= 4 is 21.9 Å². The molecule has 0 saturated heterocycles. The van der Waals surface area contributed by atoms with Crippen LogP contribution in [-0.4, -0.2) is 39.0 Å². The largest absolute Gasteiger partial charge is 0.449 e. The van der Waals surface area contributed by atoms with E-state index in [1.165, 1.54) is 43.7 Å². The molecule has 0 spiro atoms. The van der Waals surface area contributed by atoms with E-state index in [2.05, 4.69) is 23.5 Å². The molecule has 7 nitrogen and oxygen atoms in total. The molecule has 2 N–H and O–H groups in total. The fraction of sp³-hybridized carbons (Fsp3) is 0.500. The lowest BCUT2D eigenvalue weighted by Crippen LogP contribution is -2.45. The van der Waals surface area contributed by atoms with Crippen LogP contribution in [0.5, 0.6) is 0 Å². The zero-order valence-corrected chi connectivity index (χ0v) is 17.1. The Morgan fingerprint density at radius 3 is 2.50 bits per heavy atom. The van der Waals surface area contributed by atoms with Gasteiger partial charge in [-0.2, -0.15) is 0 Å². The van der Waals surface area contributed by atoms with Crippen LogP contribution < -0.4 is 10.0 Å².